The van der Waals surface area contributed by atoms with Gasteiger partial charge in [-0.05, 0) is 43.2 Å². The molecule has 0 bridgehead atoms. The van der Waals surface area contributed by atoms with Gasteiger partial charge in [-0.1, -0.05) is 23.8 Å². The van der Waals surface area contributed by atoms with Crippen LogP contribution < -0.4 is 10.2 Å². The molecular formula is C23H23NO5. The highest BCUT2D eigenvalue weighted by atomic mass is 16.5. The van der Waals surface area contributed by atoms with E-state index < -0.39 is 6.04 Å². The van der Waals surface area contributed by atoms with Crippen LogP contribution in [0.3, 0.4) is 0 Å². The predicted octanol–water partition coefficient (Wildman–Crippen LogP) is 3.69. The lowest BCUT2D eigenvalue weighted by atomic mass is 9.98. The van der Waals surface area contributed by atoms with Crippen LogP contribution in [0.15, 0.2) is 51.7 Å². The number of fused-ring (bicyclic) bond motifs is 2. The van der Waals surface area contributed by atoms with Crippen LogP contribution in [-0.4, -0.2) is 38.2 Å². The zero-order valence-corrected chi connectivity index (χ0v) is 16.7. The number of benzene rings is 2. The molecule has 150 valence electrons. The van der Waals surface area contributed by atoms with Crippen molar-refractivity contribution in [3.8, 4) is 5.75 Å². The third kappa shape index (κ3) is 3.29. The third-order valence-corrected chi connectivity index (χ3v) is 5.28. The monoisotopic (exact) mass is 393 g/mol. The SMILES string of the molecule is COCCCN1C(=O)c2oc3ccc(C)cc3c(=O)c2C1c1cccc(OC)c1. The number of aryl methyl sites for hydroxylation is 1. The molecule has 0 fully saturated rings. The molecule has 29 heavy (non-hydrogen) atoms. The van der Waals surface area contributed by atoms with Crippen molar-refractivity contribution in [2.24, 2.45) is 0 Å². The number of ether oxygens (including phenoxy) is 2. The smallest absolute Gasteiger partial charge is 0.290 e. The Balaban J connectivity index is 1.92. The van der Waals surface area contributed by atoms with Crippen LogP contribution >= 0.6 is 0 Å². The first-order chi connectivity index (χ1) is 14.0. The minimum atomic E-state index is -0.523. The fourth-order valence-corrected chi connectivity index (χ4v) is 3.90. The molecule has 1 atom stereocenters. The minimum Gasteiger partial charge on any atom is -0.497 e. The van der Waals surface area contributed by atoms with Gasteiger partial charge in [0.1, 0.15) is 11.3 Å². The highest BCUT2D eigenvalue weighted by molar-refractivity contribution is 5.99. The summed E-state index contributed by atoms with van der Waals surface area (Å²) in [6.45, 7) is 2.90. The maximum absolute atomic E-state index is 13.4. The number of methoxy groups -OCH3 is 2. The van der Waals surface area contributed by atoms with E-state index in [4.69, 9.17) is 13.9 Å². The van der Waals surface area contributed by atoms with Crippen LogP contribution in [0.25, 0.3) is 11.0 Å². The Morgan fingerprint density at radius 3 is 2.69 bits per heavy atom. The van der Waals surface area contributed by atoms with Crippen molar-refractivity contribution >= 4 is 16.9 Å². The molecule has 6 nitrogen and oxygen atoms in total. The molecule has 3 aromatic rings. The molecule has 2 aromatic carbocycles. The lowest BCUT2D eigenvalue weighted by Crippen LogP contribution is -2.31. The van der Waals surface area contributed by atoms with Gasteiger partial charge in [0, 0.05) is 20.3 Å². The van der Waals surface area contributed by atoms with Crippen LogP contribution in [0, 0.1) is 6.92 Å². The third-order valence-electron chi connectivity index (χ3n) is 5.28. The highest BCUT2D eigenvalue weighted by Gasteiger charge is 2.42. The molecule has 2 heterocycles. The molecular weight excluding hydrogens is 370 g/mol. The largest absolute Gasteiger partial charge is 0.497 e. The molecule has 0 radical (unpaired) electrons. The Hall–Kier alpha value is -3.12. The zero-order valence-electron chi connectivity index (χ0n) is 16.7. The van der Waals surface area contributed by atoms with E-state index in [9.17, 15) is 9.59 Å². The van der Waals surface area contributed by atoms with Gasteiger partial charge in [0.2, 0.25) is 5.76 Å². The fourth-order valence-electron chi connectivity index (χ4n) is 3.90. The molecule has 6 heteroatoms. The van der Waals surface area contributed by atoms with Crippen molar-refractivity contribution in [3.63, 3.8) is 0 Å². The van der Waals surface area contributed by atoms with Crippen LogP contribution in [-0.2, 0) is 4.74 Å². The summed E-state index contributed by atoms with van der Waals surface area (Å²) in [7, 11) is 3.22. The summed E-state index contributed by atoms with van der Waals surface area (Å²) >= 11 is 0. The summed E-state index contributed by atoms with van der Waals surface area (Å²) in [5.41, 5.74) is 2.42. The standard InChI is InChI=1S/C23H23NO5/c1-14-8-9-18-17(12-14)21(25)19-20(15-6-4-7-16(13-15)28-3)24(10-5-11-27-2)23(26)22(19)29-18/h4,6-9,12-13,20H,5,10-11H2,1-3H3. The van der Waals surface area contributed by atoms with Gasteiger partial charge in [-0.25, -0.2) is 0 Å². The summed E-state index contributed by atoms with van der Waals surface area (Å²) in [6.07, 6.45) is 0.656. The summed E-state index contributed by atoms with van der Waals surface area (Å²) < 4.78 is 16.4. The van der Waals surface area contributed by atoms with E-state index in [-0.39, 0.29) is 17.1 Å². The lowest BCUT2D eigenvalue weighted by Gasteiger charge is -2.25. The summed E-state index contributed by atoms with van der Waals surface area (Å²) in [5.74, 6) is 0.515. The van der Waals surface area contributed by atoms with Crippen molar-refractivity contribution in [1.82, 2.24) is 4.90 Å². The number of carbonyl (C=O) groups is 1. The molecule has 0 saturated heterocycles. The van der Waals surface area contributed by atoms with Crippen molar-refractivity contribution in [2.45, 2.75) is 19.4 Å². The van der Waals surface area contributed by atoms with Gasteiger partial charge in [-0.15, -0.1) is 0 Å². The highest BCUT2D eigenvalue weighted by Crippen LogP contribution is 2.39. The molecule has 1 aliphatic rings. The van der Waals surface area contributed by atoms with Crippen molar-refractivity contribution < 1.29 is 18.7 Å². The predicted molar refractivity (Wildman–Crippen MR) is 110 cm³/mol. The lowest BCUT2D eigenvalue weighted by molar-refractivity contribution is 0.0707. The van der Waals surface area contributed by atoms with Crippen molar-refractivity contribution in [1.29, 1.82) is 0 Å². The van der Waals surface area contributed by atoms with Gasteiger partial charge < -0.3 is 18.8 Å². The van der Waals surface area contributed by atoms with E-state index >= 15 is 0 Å². The van der Waals surface area contributed by atoms with Crippen LogP contribution in [0.4, 0.5) is 0 Å². The summed E-state index contributed by atoms with van der Waals surface area (Å²) in [6, 6.07) is 12.3. The molecule has 1 aromatic heterocycles. The maximum atomic E-state index is 13.4. The Bertz CT molecular complexity index is 1130. The second kappa shape index (κ2) is 7.72. The van der Waals surface area contributed by atoms with Gasteiger partial charge in [0.25, 0.3) is 5.91 Å². The molecule has 0 saturated carbocycles. The van der Waals surface area contributed by atoms with Crippen molar-refractivity contribution in [2.75, 3.05) is 27.4 Å². The van der Waals surface area contributed by atoms with E-state index in [1.807, 2.05) is 43.3 Å². The van der Waals surface area contributed by atoms with Gasteiger partial charge >= 0.3 is 0 Å². The molecule has 0 N–H and O–H groups in total. The number of rotatable bonds is 6. The fraction of sp³-hybridized carbons (Fsp3) is 0.304. The Kier molecular flexibility index (Phi) is 5.11. The Morgan fingerprint density at radius 2 is 1.93 bits per heavy atom. The second-order valence-electron chi connectivity index (χ2n) is 7.20. The number of carbonyl (C=O) groups excluding carboxylic acids is 1. The van der Waals surface area contributed by atoms with E-state index in [1.165, 1.54) is 0 Å². The van der Waals surface area contributed by atoms with E-state index in [2.05, 4.69) is 0 Å². The number of hydrogen-bond acceptors (Lipinski definition) is 5. The first-order valence-corrected chi connectivity index (χ1v) is 9.56. The second-order valence-corrected chi connectivity index (χ2v) is 7.20. The minimum absolute atomic E-state index is 0.122. The number of amides is 1. The first-order valence-electron chi connectivity index (χ1n) is 9.56. The summed E-state index contributed by atoms with van der Waals surface area (Å²) in [5, 5.41) is 0.489. The Morgan fingerprint density at radius 1 is 1.10 bits per heavy atom. The van der Waals surface area contributed by atoms with Gasteiger partial charge in [0.05, 0.1) is 24.1 Å². The van der Waals surface area contributed by atoms with Gasteiger partial charge in [0.15, 0.2) is 5.43 Å². The molecule has 1 unspecified atom stereocenters. The molecule has 0 spiro atoms. The summed E-state index contributed by atoms with van der Waals surface area (Å²) in [4.78, 5) is 28.3. The van der Waals surface area contributed by atoms with E-state index in [1.54, 1.807) is 25.2 Å². The number of nitrogens with zero attached hydrogens (tertiary/aromatic N) is 1. The van der Waals surface area contributed by atoms with Gasteiger partial charge in [-0.3, -0.25) is 9.59 Å². The maximum Gasteiger partial charge on any atom is 0.290 e. The molecule has 4 rings (SSSR count). The van der Waals surface area contributed by atoms with Crippen molar-refractivity contribution in [3.05, 3.63) is 75.1 Å². The van der Waals surface area contributed by atoms with Crippen LogP contribution in [0.5, 0.6) is 5.75 Å². The van der Waals surface area contributed by atoms with E-state index in [0.717, 1.165) is 11.1 Å². The van der Waals surface area contributed by atoms with E-state index in [0.29, 0.717) is 41.9 Å². The average molecular weight is 393 g/mol. The quantitative estimate of drug-likeness (QED) is 0.598. The molecule has 1 amide bonds. The topological polar surface area (TPSA) is 69.0 Å². The van der Waals surface area contributed by atoms with Crippen LogP contribution in [0.1, 0.15) is 39.7 Å². The normalized spacial score (nSPS) is 15.8. The first kappa shape index (κ1) is 19.2. The number of hydrogen-bond donors (Lipinski definition) is 0. The average Bonchev–Trinajstić information content (AvgIpc) is 3.01. The zero-order chi connectivity index (χ0) is 20.5. The van der Waals surface area contributed by atoms with Crippen LogP contribution in [0.2, 0.25) is 0 Å². The molecule has 0 aliphatic carbocycles. The molecule has 1 aliphatic heterocycles. The van der Waals surface area contributed by atoms with Gasteiger partial charge in [-0.2, -0.15) is 0 Å². The Labute approximate surface area is 168 Å².